The molecule has 2 aromatic rings. The highest BCUT2D eigenvalue weighted by Gasteiger charge is 2.40. The van der Waals surface area contributed by atoms with Gasteiger partial charge >= 0.3 is 0 Å². The minimum atomic E-state index is -0.269. The number of likely N-dealkylation sites (N-methyl/N-ethyl adjacent to an activating group) is 1. The van der Waals surface area contributed by atoms with Crippen LogP contribution in [0.25, 0.3) is 0 Å². The summed E-state index contributed by atoms with van der Waals surface area (Å²) in [5.41, 5.74) is 2.15. The molecular weight excluding hydrogens is 390 g/mol. The first-order chi connectivity index (χ1) is 15.0. The van der Waals surface area contributed by atoms with E-state index >= 15 is 0 Å². The van der Waals surface area contributed by atoms with Crippen molar-refractivity contribution in [2.24, 2.45) is 0 Å². The van der Waals surface area contributed by atoms with Gasteiger partial charge < -0.3 is 10.2 Å². The summed E-state index contributed by atoms with van der Waals surface area (Å²) in [6.45, 7) is 0.646. The average Bonchev–Trinajstić information content (AvgIpc) is 3.03. The van der Waals surface area contributed by atoms with Gasteiger partial charge in [-0.2, -0.15) is 0 Å². The highest BCUT2D eigenvalue weighted by atomic mass is 16.2. The molecule has 0 aromatic heterocycles. The monoisotopic (exact) mass is 419 g/mol. The molecule has 162 valence electrons. The number of imide groups is 1. The zero-order valence-corrected chi connectivity index (χ0v) is 18.1. The van der Waals surface area contributed by atoms with Crippen molar-refractivity contribution >= 4 is 17.7 Å². The van der Waals surface area contributed by atoms with Crippen LogP contribution in [0.4, 0.5) is 0 Å². The molecule has 2 aliphatic rings. The van der Waals surface area contributed by atoms with Crippen LogP contribution in [0, 0.1) is 0 Å². The minimum absolute atomic E-state index is 0.0269. The van der Waals surface area contributed by atoms with Crippen LogP contribution in [0.2, 0.25) is 0 Å². The second-order valence-electron chi connectivity index (χ2n) is 8.73. The van der Waals surface area contributed by atoms with Crippen molar-refractivity contribution in [2.75, 3.05) is 20.6 Å². The number of carbonyl (C=O) groups excluding carboxylic acids is 3. The smallest absolute Gasteiger partial charge is 0.261 e. The molecule has 6 heteroatoms. The maximum Gasteiger partial charge on any atom is 0.261 e. The highest BCUT2D eigenvalue weighted by molar-refractivity contribution is 6.22. The predicted octanol–water partition coefficient (Wildman–Crippen LogP) is 3.65. The molecule has 31 heavy (non-hydrogen) atoms. The number of fused-ring (bicyclic) bond motifs is 1. The van der Waals surface area contributed by atoms with Gasteiger partial charge in [0.05, 0.1) is 17.2 Å². The molecule has 0 saturated heterocycles. The van der Waals surface area contributed by atoms with E-state index in [9.17, 15) is 14.4 Å². The molecule has 1 aliphatic carbocycles. The molecule has 1 fully saturated rings. The van der Waals surface area contributed by atoms with Crippen molar-refractivity contribution in [3.8, 4) is 0 Å². The van der Waals surface area contributed by atoms with Crippen LogP contribution in [0.3, 0.4) is 0 Å². The SMILES string of the molecule is CN(C)C[C@@H](NC(=O)c1ccc2c(c1)C(=O)N(C1CCCCC1)C2=O)c1ccccc1. The molecule has 1 N–H and O–H groups in total. The second-order valence-corrected chi connectivity index (χ2v) is 8.73. The Hall–Kier alpha value is -2.99. The van der Waals surface area contributed by atoms with Crippen molar-refractivity contribution in [1.29, 1.82) is 0 Å². The summed E-state index contributed by atoms with van der Waals surface area (Å²) >= 11 is 0. The largest absolute Gasteiger partial charge is 0.344 e. The summed E-state index contributed by atoms with van der Waals surface area (Å²) in [7, 11) is 3.92. The van der Waals surface area contributed by atoms with Crippen molar-refractivity contribution in [3.05, 3.63) is 70.8 Å². The Morgan fingerprint density at radius 2 is 1.68 bits per heavy atom. The fourth-order valence-corrected chi connectivity index (χ4v) is 4.60. The molecule has 1 heterocycles. The Kier molecular flexibility index (Phi) is 6.18. The van der Waals surface area contributed by atoms with E-state index in [-0.39, 0.29) is 29.8 Å². The maximum absolute atomic E-state index is 13.0. The molecule has 0 spiro atoms. The van der Waals surface area contributed by atoms with Crippen LogP contribution in [0.5, 0.6) is 0 Å². The van der Waals surface area contributed by atoms with Gasteiger partial charge in [-0.1, -0.05) is 49.6 Å². The zero-order valence-electron chi connectivity index (χ0n) is 18.1. The molecule has 4 rings (SSSR count). The Morgan fingerprint density at radius 1 is 1.00 bits per heavy atom. The Bertz CT molecular complexity index is 981. The highest BCUT2D eigenvalue weighted by Crippen LogP contribution is 2.31. The Morgan fingerprint density at radius 3 is 2.35 bits per heavy atom. The van der Waals surface area contributed by atoms with Gasteiger partial charge in [0.15, 0.2) is 0 Å². The van der Waals surface area contributed by atoms with E-state index in [1.807, 2.05) is 49.3 Å². The molecule has 1 aliphatic heterocycles. The van der Waals surface area contributed by atoms with Gasteiger partial charge in [-0.3, -0.25) is 19.3 Å². The summed E-state index contributed by atoms with van der Waals surface area (Å²) in [6, 6.07) is 14.4. The molecule has 0 bridgehead atoms. The Labute approximate surface area is 183 Å². The predicted molar refractivity (Wildman–Crippen MR) is 119 cm³/mol. The number of hydrogen-bond donors (Lipinski definition) is 1. The van der Waals surface area contributed by atoms with Gasteiger partial charge in [-0.05, 0) is 50.7 Å². The van der Waals surface area contributed by atoms with E-state index in [0.29, 0.717) is 23.2 Å². The van der Waals surface area contributed by atoms with Crippen molar-refractivity contribution in [3.63, 3.8) is 0 Å². The number of nitrogens with zero attached hydrogens (tertiary/aromatic N) is 2. The van der Waals surface area contributed by atoms with Crippen LogP contribution in [0.1, 0.15) is 74.8 Å². The molecule has 1 atom stereocenters. The first-order valence-electron chi connectivity index (χ1n) is 11.0. The molecule has 3 amide bonds. The van der Waals surface area contributed by atoms with Crippen molar-refractivity contribution in [2.45, 2.75) is 44.2 Å². The summed E-state index contributed by atoms with van der Waals surface area (Å²) in [5, 5.41) is 3.08. The topological polar surface area (TPSA) is 69.7 Å². The summed E-state index contributed by atoms with van der Waals surface area (Å²) < 4.78 is 0. The van der Waals surface area contributed by atoms with Gasteiger partial charge in [0.25, 0.3) is 17.7 Å². The van der Waals surface area contributed by atoms with Gasteiger partial charge in [-0.25, -0.2) is 0 Å². The van der Waals surface area contributed by atoms with E-state index in [0.717, 1.165) is 37.7 Å². The molecule has 0 unspecified atom stereocenters. The van der Waals surface area contributed by atoms with E-state index in [4.69, 9.17) is 0 Å². The molecule has 0 radical (unpaired) electrons. The van der Waals surface area contributed by atoms with Crippen LogP contribution < -0.4 is 5.32 Å². The quantitative estimate of drug-likeness (QED) is 0.726. The van der Waals surface area contributed by atoms with Crippen LogP contribution in [-0.2, 0) is 0 Å². The molecule has 2 aromatic carbocycles. The number of nitrogens with one attached hydrogen (secondary N) is 1. The van der Waals surface area contributed by atoms with E-state index in [1.165, 1.54) is 4.90 Å². The molecular formula is C25H29N3O3. The lowest BCUT2D eigenvalue weighted by Crippen LogP contribution is -2.40. The fourth-order valence-electron chi connectivity index (χ4n) is 4.60. The van der Waals surface area contributed by atoms with E-state index in [2.05, 4.69) is 5.32 Å². The first kappa shape index (κ1) is 21.2. The van der Waals surface area contributed by atoms with Crippen LogP contribution in [-0.4, -0.2) is 54.2 Å². The fraction of sp³-hybridized carbons (Fsp3) is 0.400. The summed E-state index contributed by atoms with van der Waals surface area (Å²) in [5.74, 6) is -0.752. The molecule has 6 nitrogen and oxygen atoms in total. The maximum atomic E-state index is 13.0. The Balaban J connectivity index is 1.55. The van der Waals surface area contributed by atoms with Crippen molar-refractivity contribution < 1.29 is 14.4 Å². The van der Waals surface area contributed by atoms with Gasteiger partial charge in [-0.15, -0.1) is 0 Å². The average molecular weight is 420 g/mol. The minimum Gasteiger partial charge on any atom is -0.344 e. The van der Waals surface area contributed by atoms with Crippen LogP contribution >= 0.6 is 0 Å². The van der Waals surface area contributed by atoms with Gasteiger partial charge in [0.2, 0.25) is 0 Å². The number of hydrogen-bond acceptors (Lipinski definition) is 4. The van der Waals surface area contributed by atoms with E-state index < -0.39 is 0 Å². The zero-order chi connectivity index (χ0) is 22.0. The summed E-state index contributed by atoms with van der Waals surface area (Å²) in [6.07, 6.45) is 4.96. The van der Waals surface area contributed by atoms with Gasteiger partial charge in [0.1, 0.15) is 0 Å². The number of carbonyl (C=O) groups is 3. The summed E-state index contributed by atoms with van der Waals surface area (Å²) in [4.78, 5) is 42.4. The third-order valence-corrected chi connectivity index (χ3v) is 6.18. The molecule has 1 saturated carbocycles. The number of amides is 3. The number of benzene rings is 2. The number of rotatable bonds is 6. The third kappa shape index (κ3) is 4.39. The first-order valence-corrected chi connectivity index (χ1v) is 11.0. The van der Waals surface area contributed by atoms with E-state index in [1.54, 1.807) is 18.2 Å². The second kappa shape index (κ2) is 9.02. The lowest BCUT2D eigenvalue weighted by atomic mass is 9.94. The third-order valence-electron chi connectivity index (χ3n) is 6.18. The van der Waals surface area contributed by atoms with Crippen molar-refractivity contribution in [1.82, 2.24) is 15.1 Å². The lowest BCUT2D eigenvalue weighted by molar-refractivity contribution is 0.0548. The lowest BCUT2D eigenvalue weighted by Gasteiger charge is -2.29. The van der Waals surface area contributed by atoms with Gasteiger partial charge in [0, 0.05) is 18.2 Å². The normalized spacial score (nSPS) is 17.7. The van der Waals surface area contributed by atoms with Crippen LogP contribution in [0.15, 0.2) is 48.5 Å². The standard InChI is InChI=1S/C25H29N3O3/c1-27(2)16-22(17-9-5-3-6-10-17)26-23(29)18-13-14-20-21(15-18)25(31)28(24(20)30)19-11-7-4-8-12-19/h3,5-6,9-10,13-15,19,22H,4,7-8,11-12,16H2,1-2H3,(H,26,29)/t22-/m1/s1.